The largest absolute Gasteiger partial charge is 0.370 e. The molecule has 0 bridgehead atoms. The molecule has 1 heterocycles. The molecule has 4 N–H and O–H groups in total. The highest BCUT2D eigenvalue weighted by atomic mass is 35.5. The molecular weight excluding hydrogens is 286 g/mol. The number of nitrogen functional groups attached to an aromatic ring is 1. The molecule has 19 heavy (non-hydrogen) atoms. The zero-order valence-corrected chi connectivity index (χ0v) is 11.5. The van der Waals surface area contributed by atoms with Crippen molar-refractivity contribution in [1.82, 2.24) is 14.9 Å². The summed E-state index contributed by atoms with van der Waals surface area (Å²) in [6.07, 6.45) is 0.272. The second-order valence-electron chi connectivity index (χ2n) is 3.75. The molecule has 0 atom stereocenters. The van der Waals surface area contributed by atoms with Crippen LogP contribution < -0.4 is 11.6 Å². The third kappa shape index (κ3) is 3.39. The number of benzene rings is 1. The van der Waals surface area contributed by atoms with Crippen molar-refractivity contribution in [1.29, 1.82) is 0 Å². The van der Waals surface area contributed by atoms with E-state index in [1.165, 1.54) is 16.4 Å². The monoisotopic (exact) mass is 297 g/mol. The lowest BCUT2D eigenvalue weighted by atomic mass is 10.2. The molecule has 0 fully saturated rings. The summed E-state index contributed by atoms with van der Waals surface area (Å²) in [6, 6.07) is 7.14. The first-order valence-electron chi connectivity index (χ1n) is 5.45. The highest BCUT2D eigenvalue weighted by molar-refractivity contribution is 7.99. The Bertz CT molecular complexity index is 583. The number of thioether (sulfide) groups is 1. The Hall–Kier alpha value is -1.73. The predicted molar refractivity (Wildman–Crippen MR) is 75.2 cm³/mol. The third-order valence-corrected chi connectivity index (χ3v) is 3.54. The molecule has 8 heteroatoms. The molecule has 0 spiro atoms. The summed E-state index contributed by atoms with van der Waals surface area (Å²) >= 11 is 7.15. The van der Waals surface area contributed by atoms with Crippen LogP contribution in [0, 0.1) is 0 Å². The van der Waals surface area contributed by atoms with Crippen LogP contribution in [0.15, 0.2) is 29.4 Å². The quantitative estimate of drug-likeness (QED) is 0.639. The molecule has 0 saturated carbocycles. The summed E-state index contributed by atoms with van der Waals surface area (Å²) in [6.45, 7) is 0. The Morgan fingerprint density at radius 1 is 1.32 bits per heavy atom. The van der Waals surface area contributed by atoms with Gasteiger partial charge < -0.3 is 11.6 Å². The molecule has 6 nitrogen and oxygen atoms in total. The molecule has 100 valence electrons. The maximum Gasteiger partial charge on any atom is 0.218 e. The number of aromatic nitrogens is 3. The van der Waals surface area contributed by atoms with Crippen LogP contribution in [-0.2, 0) is 4.79 Å². The average Bonchev–Trinajstić information content (AvgIpc) is 2.72. The van der Waals surface area contributed by atoms with Gasteiger partial charge in [0.2, 0.25) is 11.1 Å². The minimum absolute atomic E-state index is 0.272. The van der Waals surface area contributed by atoms with Crippen molar-refractivity contribution in [2.75, 3.05) is 11.6 Å². The number of nitrogens with two attached hydrogens (primary N) is 2. The number of hydrogen-bond donors (Lipinski definition) is 2. The van der Waals surface area contributed by atoms with E-state index in [9.17, 15) is 4.79 Å². The van der Waals surface area contributed by atoms with Crippen LogP contribution in [0.3, 0.4) is 0 Å². The second kappa shape index (κ2) is 5.94. The average molecular weight is 298 g/mol. The van der Waals surface area contributed by atoms with Gasteiger partial charge in [0.15, 0.2) is 5.82 Å². The van der Waals surface area contributed by atoms with Gasteiger partial charge in [-0.2, -0.15) is 0 Å². The number of nitrogens with zero attached hydrogens (tertiary/aromatic N) is 3. The fourth-order valence-electron chi connectivity index (χ4n) is 1.41. The van der Waals surface area contributed by atoms with Gasteiger partial charge in [-0.1, -0.05) is 23.4 Å². The van der Waals surface area contributed by atoms with Crippen molar-refractivity contribution < 1.29 is 4.79 Å². The fourth-order valence-corrected chi connectivity index (χ4v) is 2.35. The topological polar surface area (TPSA) is 99.8 Å². The number of amides is 1. The van der Waals surface area contributed by atoms with E-state index in [1.54, 1.807) is 12.1 Å². The molecule has 1 amide bonds. The van der Waals surface area contributed by atoms with Crippen LogP contribution in [0.25, 0.3) is 11.4 Å². The number of carbonyl (C=O) groups is 1. The standard InChI is InChI=1S/C11H12ClN5OS/c12-8-3-1-7(2-4-8)10-15-16-11(17(10)14)19-6-5-9(13)18/h1-4H,5-6,14H2,(H2,13,18). The fraction of sp³-hybridized carbons (Fsp3) is 0.182. The summed E-state index contributed by atoms with van der Waals surface area (Å²) in [7, 11) is 0. The van der Waals surface area contributed by atoms with Gasteiger partial charge in [0, 0.05) is 22.8 Å². The van der Waals surface area contributed by atoms with Gasteiger partial charge in [-0.05, 0) is 24.3 Å². The van der Waals surface area contributed by atoms with E-state index in [1.807, 2.05) is 12.1 Å². The molecule has 1 aromatic carbocycles. The predicted octanol–water partition coefficient (Wildman–Crippen LogP) is 1.28. The molecule has 0 saturated heterocycles. The van der Waals surface area contributed by atoms with Gasteiger partial charge in [-0.25, -0.2) is 4.68 Å². The van der Waals surface area contributed by atoms with Gasteiger partial charge >= 0.3 is 0 Å². The Labute approximate surface area is 119 Å². The molecule has 1 aromatic heterocycles. The van der Waals surface area contributed by atoms with Crippen molar-refractivity contribution in [3.8, 4) is 11.4 Å². The van der Waals surface area contributed by atoms with E-state index in [-0.39, 0.29) is 12.3 Å². The van der Waals surface area contributed by atoms with Crippen LogP contribution in [-0.4, -0.2) is 26.5 Å². The van der Waals surface area contributed by atoms with Gasteiger partial charge in [0.1, 0.15) is 0 Å². The number of primary amides is 1. The first-order valence-corrected chi connectivity index (χ1v) is 6.82. The lowest BCUT2D eigenvalue weighted by Crippen LogP contribution is -2.13. The van der Waals surface area contributed by atoms with Crippen molar-refractivity contribution in [3.05, 3.63) is 29.3 Å². The van der Waals surface area contributed by atoms with Crippen molar-refractivity contribution in [3.63, 3.8) is 0 Å². The molecule has 0 aliphatic carbocycles. The highest BCUT2D eigenvalue weighted by Gasteiger charge is 2.12. The van der Waals surface area contributed by atoms with Crippen LogP contribution in [0.4, 0.5) is 0 Å². The maximum atomic E-state index is 10.7. The zero-order chi connectivity index (χ0) is 13.8. The van der Waals surface area contributed by atoms with Crippen molar-refractivity contribution in [2.45, 2.75) is 11.6 Å². The molecule has 2 rings (SSSR count). The van der Waals surface area contributed by atoms with Gasteiger partial charge in [-0.15, -0.1) is 10.2 Å². The second-order valence-corrected chi connectivity index (χ2v) is 5.25. The van der Waals surface area contributed by atoms with E-state index in [4.69, 9.17) is 23.2 Å². The smallest absolute Gasteiger partial charge is 0.218 e. The Morgan fingerprint density at radius 3 is 2.63 bits per heavy atom. The third-order valence-electron chi connectivity index (χ3n) is 2.35. The molecule has 2 aromatic rings. The van der Waals surface area contributed by atoms with Crippen LogP contribution in [0.5, 0.6) is 0 Å². The Kier molecular flexibility index (Phi) is 4.28. The van der Waals surface area contributed by atoms with E-state index in [0.717, 1.165) is 5.56 Å². The molecule has 0 aliphatic heterocycles. The number of carbonyl (C=O) groups excluding carboxylic acids is 1. The first-order chi connectivity index (χ1) is 9.08. The summed E-state index contributed by atoms with van der Waals surface area (Å²) in [5, 5.41) is 9.17. The van der Waals surface area contributed by atoms with Crippen molar-refractivity contribution in [2.24, 2.45) is 5.73 Å². The zero-order valence-electron chi connectivity index (χ0n) is 9.91. The molecule has 0 unspecified atom stereocenters. The minimum atomic E-state index is -0.353. The lowest BCUT2D eigenvalue weighted by molar-refractivity contribution is -0.117. The normalized spacial score (nSPS) is 10.6. The summed E-state index contributed by atoms with van der Waals surface area (Å²) in [5.41, 5.74) is 5.89. The summed E-state index contributed by atoms with van der Waals surface area (Å²) in [5.74, 6) is 6.62. The summed E-state index contributed by atoms with van der Waals surface area (Å²) in [4.78, 5) is 10.7. The number of rotatable bonds is 5. The molecule has 0 radical (unpaired) electrons. The van der Waals surface area contributed by atoms with Gasteiger partial charge in [0.05, 0.1) is 0 Å². The molecular formula is C11H12ClN5OS. The van der Waals surface area contributed by atoms with Crippen LogP contribution >= 0.6 is 23.4 Å². The highest BCUT2D eigenvalue weighted by Crippen LogP contribution is 2.23. The number of halogens is 1. The van der Waals surface area contributed by atoms with Gasteiger partial charge in [0.25, 0.3) is 0 Å². The van der Waals surface area contributed by atoms with Crippen molar-refractivity contribution >= 4 is 29.3 Å². The Morgan fingerprint density at radius 2 is 2.00 bits per heavy atom. The maximum absolute atomic E-state index is 10.7. The van der Waals surface area contributed by atoms with Gasteiger partial charge in [-0.3, -0.25) is 4.79 Å². The van der Waals surface area contributed by atoms with E-state index >= 15 is 0 Å². The van der Waals surface area contributed by atoms with E-state index in [0.29, 0.717) is 21.8 Å². The minimum Gasteiger partial charge on any atom is -0.370 e. The SMILES string of the molecule is NC(=O)CCSc1nnc(-c2ccc(Cl)cc2)n1N. The van der Waals surface area contributed by atoms with E-state index in [2.05, 4.69) is 10.2 Å². The Balaban J connectivity index is 2.13. The lowest BCUT2D eigenvalue weighted by Gasteiger charge is -2.03. The van der Waals surface area contributed by atoms with Crippen LogP contribution in [0.2, 0.25) is 5.02 Å². The molecule has 0 aliphatic rings. The van der Waals surface area contributed by atoms with Crippen LogP contribution in [0.1, 0.15) is 6.42 Å². The first kappa shape index (κ1) is 13.7. The van der Waals surface area contributed by atoms with E-state index < -0.39 is 0 Å². The summed E-state index contributed by atoms with van der Waals surface area (Å²) < 4.78 is 1.38. The number of hydrogen-bond acceptors (Lipinski definition) is 5.